The normalized spacial score (nSPS) is 21.9. The van der Waals surface area contributed by atoms with Crippen molar-refractivity contribution in [3.05, 3.63) is 35.4 Å². The molecule has 0 unspecified atom stereocenters. The minimum Gasteiger partial charge on any atom is -0.493 e. The van der Waals surface area contributed by atoms with Gasteiger partial charge in [-0.3, -0.25) is 4.79 Å². The van der Waals surface area contributed by atoms with E-state index >= 15 is 0 Å². The highest BCUT2D eigenvalue weighted by atomic mass is 16.5. The quantitative estimate of drug-likeness (QED) is 0.833. The van der Waals surface area contributed by atoms with Gasteiger partial charge < -0.3 is 14.7 Å². The first-order valence-corrected chi connectivity index (χ1v) is 7.13. The minimum atomic E-state index is -0.377. The summed E-state index contributed by atoms with van der Waals surface area (Å²) in [5, 5.41) is 9.59. The molecular weight excluding hydrogens is 254 g/mol. The van der Waals surface area contributed by atoms with Crippen LogP contribution in [0, 0.1) is 0 Å². The van der Waals surface area contributed by atoms with E-state index in [-0.39, 0.29) is 12.0 Å². The second-order valence-electron chi connectivity index (χ2n) is 5.38. The Morgan fingerprint density at radius 3 is 3.20 bits per heavy atom. The van der Waals surface area contributed by atoms with E-state index in [1.165, 1.54) is 5.56 Å². The molecule has 1 saturated heterocycles. The molecule has 1 atom stereocenters. The zero-order valence-corrected chi connectivity index (χ0v) is 11.4. The third kappa shape index (κ3) is 2.85. The molecule has 1 N–H and O–H groups in total. The molecule has 0 radical (unpaired) electrons. The maximum absolute atomic E-state index is 12.1. The van der Waals surface area contributed by atoms with Crippen LogP contribution in [-0.2, 0) is 11.2 Å². The topological polar surface area (TPSA) is 49.8 Å². The molecule has 1 aromatic rings. The molecule has 106 valence electrons. The zero-order chi connectivity index (χ0) is 13.9. The van der Waals surface area contributed by atoms with Crippen LogP contribution in [0.25, 0.3) is 6.08 Å². The first-order valence-electron chi connectivity index (χ1n) is 7.13. The Labute approximate surface area is 118 Å². The molecule has 1 amide bonds. The minimum absolute atomic E-state index is 0.0273. The Morgan fingerprint density at radius 1 is 1.45 bits per heavy atom. The number of aliphatic hydroxyl groups is 1. The van der Waals surface area contributed by atoms with Crippen LogP contribution in [0.4, 0.5) is 0 Å². The van der Waals surface area contributed by atoms with E-state index < -0.39 is 0 Å². The van der Waals surface area contributed by atoms with Gasteiger partial charge in [-0.15, -0.1) is 0 Å². The molecular formula is C16H19NO3. The number of fused-ring (bicyclic) bond motifs is 1. The average Bonchev–Trinajstić information content (AvgIpc) is 2.92. The van der Waals surface area contributed by atoms with Gasteiger partial charge in [0.25, 0.3) is 0 Å². The smallest absolute Gasteiger partial charge is 0.246 e. The van der Waals surface area contributed by atoms with E-state index in [0.29, 0.717) is 6.54 Å². The molecule has 3 rings (SSSR count). The number of hydrogen-bond donors (Lipinski definition) is 1. The fraction of sp³-hybridized carbons (Fsp3) is 0.438. The Hall–Kier alpha value is -1.81. The first-order chi connectivity index (χ1) is 9.72. The lowest BCUT2D eigenvalue weighted by molar-refractivity contribution is -0.128. The molecule has 1 aromatic carbocycles. The van der Waals surface area contributed by atoms with E-state index in [1.807, 2.05) is 18.2 Å². The SMILES string of the molecule is O=C(/C=C\c1ccc2c(c1)CCO2)N1CCC[C@H](O)C1. The number of piperidine rings is 1. The monoisotopic (exact) mass is 273 g/mol. The number of nitrogens with zero attached hydrogens (tertiary/aromatic N) is 1. The maximum atomic E-state index is 12.1. The molecule has 0 aliphatic carbocycles. The van der Waals surface area contributed by atoms with Crippen LogP contribution in [0.15, 0.2) is 24.3 Å². The number of ether oxygens (including phenoxy) is 1. The lowest BCUT2D eigenvalue weighted by Gasteiger charge is -2.29. The molecule has 1 fully saturated rings. The number of likely N-dealkylation sites (tertiary alicyclic amines) is 1. The fourth-order valence-corrected chi connectivity index (χ4v) is 2.74. The second-order valence-corrected chi connectivity index (χ2v) is 5.38. The molecule has 2 aliphatic rings. The second kappa shape index (κ2) is 5.67. The number of benzene rings is 1. The van der Waals surface area contributed by atoms with Crippen molar-refractivity contribution in [2.45, 2.75) is 25.4 Å². The molecule has 0 bridgehead atoms. The lowest BCUT2D eigenvalue weighted by atomic mass is 10.1. The molecule has 20 heavy (non-hydrogen) atoms. The summed E-state index contributed by atoms with van der Waals surface area (Å²) in [6.07, 6.45) is 5.65. The first kappa shape index (κ1) is 13.2. The third-order valence-corrected chi connectivity index (χ3v) is 3.84. The van der Waals surface area contributed by atoms with Gasteiger partial charge in [0.1, 0.15) is 5.75 Å². The Bertz CT molecular complexity index is 539. The van der Waals surface area contributed by atoms with E-state index in [9.17, 15) is 9.90 Å². The van der Waals surface area contributed by atoms with Crippen molar-refractivity contribution in [3.63, 3.8) is 0 Å². The molecule has 2 aliphatic heterocycles. The summed E-state index contributed by atoms with van der Waals surface area (Å²) in [6, 6.07) is 5.98. The maximum Gasteiger partial charge on any atom is 0.246 e. The van der Waals surface area contributed by atoms with Gasteiger partial charge in [-0.1, -0.05) is 6.07 Å². The largest absolute Gasteiger partial charge is 0.493 e. The summed E-state index contributed by atoms with van der Waals surface area (Å²) >= 11 is 0. The van der Waals surface area contributed by atoms with Crippen LogP contribution in [0.2, 0.25) is 0 Å². The van der Waals surface area contributed by atoms with Crippen molar-refractivity contribution < 1.29 is 14.6 Å². The van der Waals surface area contributed by atoms with Crippen molar-refractivity contribution in [1.29, 1.82) is 0 Å². The van der Waals surface area contributed by atoms with Gasteiger partial charge >= 0.3 is 0 Å². The van der Waals surface area contributed by atoms with E-state index in [1.54, 1.807) is 11.0 Å². The third-order valence-electron chi connectivity index (χ3n) is 3.84. The van der Waals surface area contributed by atoms with Gasteiger partial charge in [0.2, 0.25) is 5.91 Å². The van der Waals surface area contributed by atoms with Gasteiger partial charge in [0.05, 0.1) is 12.7 Å². The highest BCUT2D eigenvalue weighted by Gasteiger charge is 2.20. The highest BCUT2D eigenvalue weighted by molar-refractivity contribution is 5.91. The molecule has 4 nitrogen and oxygen atoms in total. The summed E-state index contributed by atoms with van der Waals surface area (Å²) in [6.45, 7) is 1.92. The Balaban J connectivity index is 1.66. The molecule has 0 spiro atoms. The van der Waals surface area contributed by atoms with Crippen molar-refractivity contribution in [2.24, 2.45) is 0 Å². The zero-order valence-electron chi connectivity index (χ0n) is 11.4. The van der Waals surface area contributed by atoms with E-state index in [0.717, 1.165) is 43.7 Å². The number of aliphatic hydroxyl groups excluding tert-OH is 1. The van der Waals surface area contributed by atoms with E-state index in [4.69, 9.17) is 4.74 Å². The lowest BCUT2D eigenvalue weighted by Crippen LogP contribution is -2.41. The van der Waals surface area contributed by atoms with Gasteiger partial charge in [0.15, 0.2) is 0 Å². The fourth-order valence-electron chi connectivity index (χ4n) is 2.74. The van der Waals surface area contributed by atoms with Gasteiger partial charge in [-0.05, 0) is 42.2 Å². The van der Waals surface area contributed by atoms with Crippen molar-refractivity contribution in [2.75, 3.05) is 19.7 Å². The molecule has 0 saturated carbocycles. The van der Waals surface area contributed by atoms with Crippen molar-refractivity contribution >= 4 is 12.0 Å². The van der Waals surface area contributed by atoms with Crippen LogP contribution in [0.3, 0.4) is 0 Å². The van der Waals surface area contributed by atoms with Crippen LogP contribution in [0.5, 0.6) is 5.75 Å². The average molecular weight is 273 g/mol. The van der Waals surface area contributed by atoms with Gasteiger partial charge in [-0.2, -0.15) is 0 Å². The predicted molar refractivity (Wildman–Crippen MR) is 76.5 cm³/mol. The number of carbonyl (C=O) groups excluding carboxylic acids is 1. The van der Waals surface area contributed by atoms with Gasteiger partial charge in [-0.25, -0.2) is 0 Å². The highest BCUT2D eigenvalue weighted by Crippen LogP contribution is 2.26. The number of hydrogen-bond acceptors (Lipinski definition) is 3. The predicted octanol–water partition coefficient (Wildman–Crippen LogP) is 1.62. The Morgan fingerprint density at radius 2 is 2.35 bits per heavy atom. The van der Waals surface area contributed by atoms with Crippen LogP contribution >= 0.6 is 0 Å². The van der Waals surface area contributed by atoms with Crippen LogP contribution in [0.1, 0.15) is 24.0 Å². The summed E-state index contributed by atoms with van der Waals surface area (Å²) in [5.74, 6) is 0.924. The molecule has 0 aromatic heterocycles. The summed E-state index contributed by atoms with van der Waals surface area (Å²) in [5.41, 5.74) is 2.22. The van der Waals surface area contributed by atoms with Crippen LogP contribution in [-0.4, -0.2) is 41.7 Å². The number of β-amino-alcohol motifs (C(OH)–C–C–N with tert-alkyl or cyclic N) is 1. The van der Waals surface area contributed by atoms with Crippen molar-refractivity contribution in [3.8, 4) is 5.75 Å². The standard InChI is InChI=1S/C16H19NO3/c18-14-2-1-8-17(11-14)16(19)6-4-12-3-5-15-13(10-12)7-9-20-15/h3-6,10,14,18H,1-2,7-9,11H2/b6-4-/t14-/m0/s1. The summed E-state index contributed by atoms with van der Waals surface area (Å²) in [7, 11) is 0. The van der Waals surface area contributed by atoms with Crippen molar-refractivity contribution in [1.82, 2.24) is 4.90 Å². The molecule has 4 heteroatoms. The van der Waals surface area contributed by atoms with Crippen LogP contribution < -0.4 is 4.74 Å². The van der Waals surface area contributed by atoms with E-state index in [2.05, 4.69) is 6.07 Å². The molecule has 2 heterocycles. The summed E-state index contributed by atoms with van der Waals surface area (Å²) in [4.78, 5) is 13.8. The number of amides is 1. The number of rotatable bonds is 2. The number of carbonyl (C=O) groups is 1. The Kier molecular flexibility index (Phi) is 3.74. The van der Waals surface area contributed by atoms with Gasteiger partial charge in [0, 0.05) is 25.6 Å². The summed E-state index contributed by atoms with van der Waals surface area (Å²) < 4.78 is 5.46.